The predicted octanol–water partition coefficient (Wildman–Crippen LogP) is 2.18. The van der Waals surface area contributed by atoms with Crippen LogP contribution in [0.25, 0.3) is 10.9 Å². The Morgan fingerprint density at radius 3 is 2.81 bits per heavy atom. The van der Waals surface area contributed by atoms with E-state index in [-0.39, 0.29) is 23.7 Å². The van der Waals surface area contributed by atoms with E-state index < -0.39 is 0 Å². The number of aromatic amines is 2. The number of amides is 1. The normalized spacial score (nSPS) is 14.3. The maximum absolute atomic E-state index is 13.6. The molecule has 3 heterocycles. The zero-order valence-corrected chi connectivity index (χ0v) is 15.4. The standard InChI is InChI=1S/C20H21FN4O2/c1-11-15(16-9-13(21)3-4-17(16)22-11)10-19(26)25-7-5-14-18(6-8-25)23-12(2)24-20(14)27/h3-4,9,22H,5-8,10H2,1-2H3,(H,23,24,27). The Hall–Kier alpha value is -2.96. The molecule has 1 aliphatic heterocycles. The van der Waals surface area contributed by atoms with Gasteiger partial charge in [0.25, 0.3) is 5.56 Å². The molecule has 0 aliphatic carbocycles. The smallest absolute Gasteiger partial charge is 0.254 e. The van der Waals surface area contributed by atoms with E-state index in [1.54, 1.807) is 17.9 Å². The van der Waals surface area contributed by atoms with Crippen molar-refractivity contribution in [1.82, 2.24) is 19.9 Å². The topological polar surface area (TPSA) is 81.8 Å². The summed E-state index contributed by atoms with van der Waals surface area (Å²) in [6, 6.07) is 4.56. The summed E-state index contributed by atoms with van der Waals surface area (Å²) >= 11 is 0. The van der Waals surface area contributed by atoms with E-state index >= 15 is 0 Å². The van der Waals surface area contributed by atoms with Crippen LogP contribution in [0.2, 0.25) is 0 Å². The summed E-state index contributed by atoms with van der Waals surface area (Å²) in [7, 11) is 0. The highest BCUT2D eigenvalue weighted by molar-refractivity contribution is 5.90. The van der Waals surface area contributed by atoms with Gasteiger partial charge in [0.2, 0.25) is 5.91 Å². The van der Waals surface area contributed by atoms with E-state index in [2.05, 4.69) is 15.0 Å². The molecule has 0 unspecified atom stereocenters. The predicted molar refractivity (Wildman–Crippen MR) is 100 cm³/mol. The number of nitrogens with zero attached hydrogens (tertiary/aromatic N) is 2. The highest BCUT2D eigenvalue weighted by atomic mass is 19.1. The van der Waals surface area contributed by atoms with Gasteiger partial charge in [0, 0.05) is 41.7 Å². The Balaban J connectivity index is 1.56. The van der Waals surface area contributed by atoms with E-state index in [1.165, 1.54) is 12.1 Å². The lowest BCUT2D eigenvalue weighted by Gasteiger charge is -2.20. The molecule has 2 N–H and O–H groups in total. The molecule has 0 saturated carbocycles. The fourth-order valence-electron chi connectivity index (χ4n) is 3.83. The third-order valence-corrected chi connectivity index (χ3v) is 5.23. The van der Waals surface area contributed by atoms with Crippen LogP contribution in [-0.2, 0) is 24.1 Å². The number of nitrogens with one attached hydrogen (secondary N) is 2. The van der Waals surface area contributed by atoms with Gasteiger partial charge in [-0.1, -0.05) is 0 Å². The fourth-order valence-corrected chi connectivity index (χ4v) is 3.83. The van der Waals surface area contributed by atoms with Crippen LogP contribution in [0.1, 0.15) is 28.3 Å². The molecule has 27 heavy (non-hydrogen) atoms. The number of benzene rings is 1. The number of H-pyrrole nitrogens is 2. The van der Waals surface area contributed by atoms with Gasteiger partial charge in [-0.25, -0.2) is 9.37 Å². The van der Waals surface area contributed by atoms with Crippen molar-refractivity contribution in [2.24, 2.45) is 0 Å². The number of fused-ring (bicyclic) bond motifs is 2. The lowest BCUT2D eigenvalue weighted by atomic mass is 10.1. The average Bonchev–Trinajstić information content (AvgIpc) is 2.79. The second-order valence-electron chi connectivity index (χ2n) is 7.05. The molecule has 1 amide bonds. The summed E-state index contributed by atoms with van der Waals surface area (Å²) in [5.41, 5.74) is 3.85. The molecular weight excluding hydrogens is 347 g/mol. The molecule has 1 aromatic carbocycles. The van der Waals surface area contributed by atoms with Crippen LogP contribution in [-0.4, -0.2) is 38.8 Å². The average molecular weight is 368 g/mol. The first-order valence-electron chi connectivity index (χ1n) is 9.05. The van der Waals surface area contributed by atoms with Crippen LogP contribution in [0, 0.1) is 19.7 Å². The molecule has 4 rings (SSSR count). The van der Waals surface area contributed by atoms with E-state index in [0.717, 1.165) is 27.9 Å². The molecular formula is C20H21FN4O2. The van der Waals surface area contributed by atoms with Crippen LogP contribution in [0.5, 0.6) is 0 Å². The minimum atomic E-state index is -0.318. The van der Waals surface area contributed by atoms with Crippen molar-refractivity contribution in [2.75, 3.05) is 13.1 Å². The Morgan fingerprint density at radius 2 is 2.00 bits per heavy atom. The second kappa shape index (κ2) is 6.64. The number of aromatic nitrogens is 3. The van der Waals surface area contributed by atoms with Crippen molar-refractivity contribution >= 4 is 16.8 Å². The number of carbonyl (C=O) groups is 1. The van der Waals surface area contributed by atoms with Gasteiger partial charge >= 0.3 is 0 Å². The molecule has 7 heteroatoms. The molecule has 0 atom stereocenters. The largest absolute Gasteiger partial charge is 0.358 e. The number of halogens is 1. The van der Waals surface area contributed by atoms with Crippen molar-refractivity contribution in [3.05, 3.63) is 62.7 Å². The molecule has 1 aliphatic rings. The molecule has 3 aromatic rings. The quantitative estimate of drug-likeness (QED) is 0.727. The fraction of sp³-hybridized carbons (Fsp3) is 0.350. The van der Waals surface area contributed by atoms with Crippen molar-refractivity contribution in [3.8, 4) is 0 Å². The SMILES string of the molecule is Cc1nc2c(c(=O)[nH]1)CCN(C(=O)Cc1c(C)[nH]c3ccc(F)cc13)CC2. The molecule has 0 bridgehead atoms. The maximum Gasteiger partial charge on any atom is 0.254 e. The third kappa shape index (κ3) is 3.25. The van der Waals surface area contributed by atoms with E-state index in [4.69, 9.17) is 0 Å². The van der Waals surface area contributed by atoms with E-state index in [1.807, 2.05) is 6.92 Å². The maximum atomic E-state index is 13.6. The molecule has 140 valence electrons. The van der Waals surface area contributed by atoms with Crippen LogP contribution < -0.4 is 5.56 Å². The Bertz CT molecular complexity index is 1100. The summed E-state index contributed by atoms with van der Waals surface area (Å²) in [4.78, 5) is 37.2. The number of carbonyl (C=O) groups excluding carboxylic acids is 1. The van der Waals surface area contributed by atoms with Crippen molar-refractivity contribution in [3.63, 3.8) is 0 Å². The first-order chi connectivity index (χ1) is 12.9. The van der Waals surface area contributed by atoms with Crippen LogP contribution in [0.3, 0.4) is 0 Å². The highest BCUT2D eigenvalue weighted by Gasteiger charge is 2.23. The van der Waals surface area contributed by atoms with Crippen LogP contribution in [0.4, 0.5) is 4.39 Å². The zero-order chi connectivity index (χ0) is 19.1. The minimum absolute atomic E-state index is 0.0239. The molecule has 6 nitrogen and oxygen atoms in total. The van der Waals surface area contributed by atoms with Crippen molar-refractivity contribution in [1.29, 1.82) is 0 Å². The number of hydrogen-bond acceptors (Lipinski definition) is 3. The van der Waals surface area contributed by atoms with Gasteiger partial charge < -0.3 is 14.9 Å². The van der Waals surface area contributed by atoms with E-state index in [0.29, 0.717) is 37.3 Å². The second-order valence-corrected chi connectivity index (χ2v) is 7.05. The third-order valence-electron chi connectivity index (χ3n) is 5.23. The summed E-state index contributed by atoms with van der Waals surface area (Å²) in [6.45, 7) is 4.66. The van der Waals surface area contributed by atoms with Gasteiger partial charge in [-0.05, 0) is 44.0 Å². The minimum Gasteiger partial charge on any atom is -0.358 e. The first-order valence-corrected chi connectivity index (χ1v) is 9.05. The Morgan fingerprint density at radius 1 is 1.22 bits per heavy atom. The Labute approximate surface area is 155 Å². The highest BCUT2D eigenvalue weighted by Crippen LogP contribution is 2.24. The monoisotopic (exact) mass is 368 g/mol. The van der Waals surface area contributed by atoms with Gasteiger partial charge in [-0.15, -0.1) is 0 Å². The number of rotatable bonds is 2. The van der Waals surface area contributed by atoms with Gasteiger partial charge in [-0.2, -0.15) is 0 Å². The molecule has 0 saturated heterocycles. The first kappa shape index (κ1) is 17.5. The van der Waals surface area contributed by atoms with Crippen LogP contribution >= 0.6 is 0 Å². The Kier molecular flexibility index (Phi) is 4.30. The summed E-state index contributed by atoms with van der Waals surface area (Å²) in [5.74, 6) is 0.250. The summed E-state index contributed by atoms with van der Waals surface area (Å²) in [5, 5.41) is 0.743. The van der Waals surface area contributed by atoms with Crippen LogP contribution in [0.15, 0.2) is 23.0 Å². The lowest BCUT2D eigenvalue weighted by Crippen LogP contribution is -2.34. The number of hydrogen-bond donors (Lipinski definition) is 2. The lowest BCUT2D eigenvalue weighted by molar-refractivity contribution is -0.130. The molecule has 2 aromatic heterocycles. The summed E-state index contributed by atoms with van der Waals surface area (Å²) < 4.78 is 13.6. The molecule has 0 radical (unpaired) electrons. The van der Waals surface area contributed by atoms with Crippen molar-refractivity contribution in [2.45, 2.75) is 33.1 Å². The number of aryl methyl sites for hydroxylation is 2. The molecule has 0 spiro atoms. The van der Waals surface area contributed by atoms with Gasteiger partial charge in [0.1, 0.15) is 11.6 Å². The van der Waals surface area contributed by atoms with E-state index in [9.17, 15) is 14.0 Å². The van der Waals surface area contributed by atoms with Gasteiger partial charge in [0.05, 0.1) is 12.1 Å². The van der Waals surface area contributed by atoms with Gasteiger partial charge in [-0.3, -0.25) is 9.59 Å². The van der Waals surface area contributed by atoms with Gasteiger partial charge in [0.15, 0.2) is 0 Å². The molecule has 0 fully saturated rings. The zero-order valence-electron chi connectivity index (χ0n) is 15.4. The summed E-state index contributed by atoms with van der Waals surface area (Å²) in [6.07, 6.45) is 1.26. The van der Waals surface area contributed by atoms with Crippen molar-refractivity contribution < 1.29 is 9.18 Å².